The number of hydrogen-bond donors (Lipinski definition) is 1. The average Bonchev–Trinajstić information content (AvgIpc) is 3.17. The zero-order valence-corrected chi connectivity index (χ0v) is 30.9. The summed E-state index contributed by atoms with van der Waals surface area (Å²) in [5, 5.41) is 9.39. The van der Waals surface area contributed by atoms with Crippen molar-refractivity contribution in [2.75, 3.05) is 20.5 Å². The Morgan fingerprint density at radius 3 is 1.53 bits per heavy atom. The molecule has 8 nitrogen and oxygen atoms in total. The number of ether oxygens (including phenoxy) is 2. The first-order chi connectivity index (χ1) is 24.8. The van der Waals surface area contributed by atoms with Crippen LogP contribution >= 0.6 is 0 Å². The van der Waals surface area contributed by atoms with E-state index in [4.69, 9.17) is 15.0 Å². The first-order valence-electron chi connectivity index (χ1n) is 16.7. The van der Waals surface area contributed by atoms with Crippen LogP contribution < -0.4 is 9.47 Å². The molecule has 53 heavy (non-hydrogen) atoms. The van der Waals surface area contributed by atoms with Crippen molar-refractivity contribution in [3.63, 3.8) is 0 Å². The molecule has 274 valence electrons. The van der Waals surface area contributed by atoms with Crippen molar-refractivity contribution in [2.24, 2.45) is 0 Å². The quantitative estimate of drug-likeness (QED) is 0.0921. The summed E-state index contributed by atoms with van der Waals surface area (Å²) < 4.78 is 33.9. The maximum absolute atomic E-state index is 11.8. The Morgan fingerprint density at radius 1 is 0.679 bits per heavy atom. The minimum absolute atomic E-state index is 0. The van der Waals surface area contributed by atoms with Crippen molar-refractivity contribution in [3.8, 4) is 11.5 Å². The normalized spacial score (nSPS) is 12.4. The van der Waals surface area contributed by atoms with E-state index in [-0.39, 0.29) is 41.0 Å². The lowest BCUT2D eigenvalue weighted by atomic mass is 9.70. The smallest absolute Gasteiger partial charge is 0.362 e. The van der Waals surface area contributed by atoms with Crippen LogP contribution in [0.15, 0.2) is 126 Å². The Hall–Kier alpha value is -5.60. The number of carbonyl (C=O) groups excluding carboxylic acids is 1. The Bertz CT molecular complexity index is 2200. The van der Waals surface area contributed by atoms with E-state index < -0.39 is 15.6 Å². The summed E-state index contributed by atoms with van der Waals surface area (Å²) >= 11 is 0. The molecule has 5 aromatic rings. The second kappa shape index (κ2) is 16.4. The SMILES string of the molecule is C.COc1ccc(C(C)(c2ccc(OC)cc2)c2ccc(C(C)(C)c3ccc(CO)cc3)cc2)cc1.CS(=O)(=O)c1cccc2c1C=CC(=[N+]=[N-])C2=O. The van der Waals surface area contributed by atoms with Crippen molar-refractivity contribution in [3.05, 3.63) is 171 Å². The summed E-state index contributed by atoms with van der Waals surface area (Å²) in [5.41, 5.74) is 15.5. The number of sulfone groups is 1. The first kappa shape index (κ1) is 40.2. The molecule has 0 spiro atoms. The molecule has 0 aromatic heterocycles. The predicted molar refractivity (Wildman–Crippen MR) is 211 cm³/mol. The summed E-state index contributed by atoms with van der Waals surface area (Å²) in [6, 6.07) is 38.2. The molecule has 1 N–H and O–H groups in total. The monoisotopic (exact) mass is 730 g/mol. The van der Waals surface area contributed by atoms with E-state index in [1.165, 1.54) is 58.2 Å². The van der Waals surface area contributed by atoms with E-state index in [9.17, 15) is 18.3 Å². The van der Waals surface area contributed by atoms with Crippen LogP contribution in [-0.2, 0) is 27.3 Å². The van der Waals surface area contributed by atoms with Crippen molar-refractivity contribution in [2.45, 2.75) is 50.5 Å². The van der Waals surface area contributed by atoms with Gasteiger partial charge in [-0.3, -0.25) is 4.79 Å². The summed E-state index contributed by atoms with van der Waals surface area (Å²) in [4.78, 5) is 14.7. The van der Waals surface area contributed by atoms with Gasteiger partial charge in [-0.25, -0.2) is 8.42 Å². The second-order valence-corrected chi connectivity index (χ2v) is 15.3. The van der Waals surface area contributed by atoms with Gasteiger partial charge in [0.1, 0.15) is 11.5 Å². The van der Waals surface area contributed by atoms with Gasteiger partial charge >= 0.3 is 5.71 Å². The average molecular weight is 731 g/mol. The maximum Gasteiger partial charge on any atom is 0.362 e. The number of fused-ring (bicyclic) bond motifs is 1. The molecule has 1 aliphatic rings. The Labute approximate surface area is 312 Å². The third-order valence-electron chi connectivity index (χ3n) is 9.84. The molecular weight excluding hydrogens is 685 g/mol. The van der Waals surface area contributed by atoms with Gasteiger partial charge in [-0.15, -0.1) is 0 Å². The highest BCUT2D eigenvalue weighted by Crippen LogP contribution is 2.41. The molecule has 0 unspecified atom stereocenters. The van der Waals surface area contributed by atoms with E-state index in [0.717, 1.165) is 23.3 Å². The molecule has 0 bridgehead atoms. The number of carbonyl (C=O) groups is 1. The molecule has 0 heterocycles. The number of allylic oxidation sites excluding steroid dienone is 1. The molecule has 0 atom stereocenters. The van der Waals surface area contributed by atoms with E-state index in [2.05, 4.69) is 86.2 Å². The van der Waals surface area contributed by atoms with Crippen LogP contribution in [-0.4, -0.2) is 50.3 Å². The van der Waals surface area contributed by atoms with E-state index in [1.807, 2.05) is 36.4 Å². The molecule has 6 rings (SSSR count). The number of benzene rings is 5. The highest BCUT2D eigenvalue weighted by atomic mass is 32.2. The number of aliphatic hydroxyl groups excluding tert-OH is 1. The molecule has 5 aromatic carbocycles. The van der Waals surface area contributed by atoms with Gasteiger partial charge in [-0.1, -0.05) is 106 Å². The van der Waals surface area contributed by atoms with Crippen molar-refractivity contribution >= 4 is 27.4 Å². The van der Waals surface area contributed by atoms with Crippen LogP contribution in [0.1, 0.15) is 77.5 Å². The Morgan fingerprint density at radius 2 is 1.11 bits per heavy atom. The van der Waals surface area contributed by atoms with Crippen LogP contribution in [0.4, 0.5) is 0 Å². The molecule has 0 aliphatic heterocycles. The van der Waals surface area contributed by atoms with Gasteiger partial charge in [0.05, 0.1) is 25.7 Å². The summed E-state index contributed by atoms with van der Waals surface area (Å²) in [7, 11) is -0.0178. The summed E-state index contributed by atoms with van der Waals surface area (Å²) in [6.07, 6.45) is 3.83. The van der Waals surface area contributed by atoms with Crippen LogP contribution in [0.2, 0.25) is 0 Å². The third-order valence-corrected chi connectivity index (χ3v) is 11.0. The molecular formula is C44H46N2O6S. The lowest BCUT2D eigenvalue weighted by molar-refractivity contribution is -0.00436. The minimum Gasteiger partial charge on any atom is -0.497 e. The maximum atomic E-state index is 11.8. The third kappa shape index (κ3) is 8.23. The van der Waals surface area contributed by atoms with Crippen LogP contribution in [0.25, 0.3) is 11.6 Å². The molecule has 0 amide bonds. The molecule has 0 saturated carbocycles. The van der Waals surface area contributed by atoms with Crippen molar-refractivity contribution < 1.29 is 32.6 Å². The highest BCUT2D eigenvalue weighted by molar-refractivity contribution is 7.90. The van der Waals surface area contributed by atoms with Gasteiger partial charge in [0.25, 0.3) is 5.78 Å². The van der Waals surface area contributed by atoms with E-state index in [0.29, 0.717) is 5.56 Å². The van der Waals surface area contributed by atoms with Crippen LogP contribution in [0, 0.1) is 0 Å². The number of methoxy groups -OCH3 is 2. The summed E-state index contributed by atoms with van der Waals surface area (Å²) in [5.74, 6) is 1.20. The van der Waals surface area contributed by atoms with Crippen LogP contribution in [0.5, 0.6) is 11.5 Å². The molecule has 9 heteroatoms. The zero-order valence-electron chi connectivity index (χ0n) is 30.1. The van der Waals surface area contributed by atoms with Gasteiger partial charge in [0.15, 0.2) is 9.84 Å². The number of rotatable bonds is 9. The number of hydrogen-bond acceptors (Lipinski definition) is 6. The Balaban J connectivity index is 0.000000292. The van der Waals surface area contributed by atoms with E-state index in [1.54, 1.807) is 14.2 Å². The van der Waals surface area contributed by atoms with E-state index >= 15 is 0 Å². The largest absolute Gasteiger partial charge is 0.497 e. The fourth-order valence-corrected chi connectivity index (χ4v) is 7.36. The van der Waals surface area contributed by atoms with Gasteiger partial charge < -0.3 is 20.1 Å². The molecule has 0 fully saturated rings. The van der Waals surface area contributed by atoms with Gasteiger partial charge in [-0.2, -0.15) is 4.79 Å². The number of ketones is 1. The van der Waals surface area contributed by atoms with Gasteiger partial charge in [0.2, 0.25) is 0 Å². The fourth-order valence-electron chi connectivity index (χ4n) is 6.45. The predicted octanol–water partition coefficient (Wildman–Crippen LogP) is 8.48. The number of aliphatic hydroxyl groups is 1. The van der Waals surface area contributed by atoms with Gasteiger partial charge in [-0.05, 0) is 76.7 Å². The first-order valence-corrected chi connectivity index (χ1v) is 18.5. The van der Waals surface area contributed by atoms with Crippen molar-refractivity contribution in [1.29, 1.82) is 0 Å². The molecule has 0 radical (unpaired) electrons. The Kier molecular flexibility index (Phi) is 12.4. The topological polar surface area (TPSA) is 126 Å². The van der Waals surface area contributed by atoms with Crippen LogP contribution in [0.3, 0.4) is 0 Å². The molecule has 0 saturated heterocycles. The number of Topliss-reactive ketones (excluding diaryl/α,β-unsaturated/α-hetero) is 1. The highest BCUT2D eigenvalue weighted by Gasteiger charge is 2.33. The van der Waals surface area contributed by atoms with Gasteiger partial charge in [0, 0.05) is 34.3 Å². The molecule has 1 aliphatic carbocycles. The second-order valence-electron chi connectivity index (χ2n) is 13.3. The zero-order chi connectivity index (χ0) is 37.7. The standard InChI is InChI=1S/C32H34O3.C11H8N2O3S.CH4/c1-31(2,24-8-6-23(22-33)7-9-24)25-10-12-26(13-11-25)32(3,27-14-18-29(34-4)19-15-27)28-16-20-30(35-5)21-17-28;1-17(15,16)10-4-2-3-8-7(10)5-6-9(13-12)11(8)14;/h6-21,33H,22H2,1-5H3;2-6H,1H3;1H4. The van der Waals surface area contributed by atoms with Crippen molar-refractivity contribution in [1.82, 2.24) is 0 Å². The summed E-state index contributed by atoms with van der Waals surface area (Å²) in [6.45, 7) is 6.80. The number of nitrogens with zero attached hydrogens (tertiary/aromatic N) is 2. The fraction of sp³-hybridized carbons (Fsp3) is 0.227. The lowest BCUT2D eigenvalue weighted by Crippen LogP contribution is -2.26. The minimum atomic E-state index is -3.40. The lowest BCUT2D eigenvalue weighted by Gasteiger charge is -2.33.